The Hall–Kier alpha value is -2.05. The van der Waals surface area contributed by atoms with Crippen molar-refractivity contribution >= 4 is 23.4 Å². The Bertz CT molecular complexity index is 746. The molecule has 0 saturated carbocycles. The lowest BCUT2D eigenvalue weighted by Gasteiger charge is -2.26. The Balaban J connectivity index is 1.63. The van der Waals surface area contributed by atoms with Crippen LogP contribution in [0.15, 0.2) is 30.5 Å². The second kappa shape index (κ2) is 7.89. The molecule has 2 amide bonds. The average Bonchev–Trinajstić information content (AvgIpc) is 3.04. The zero-order chi connectivity index (χ0) is 17.8. The maximum absolute atomic E-state index is 12.4. The fourth-order valence-corrected chi connectivity index (χ4v) is 3.38. The topological polar surface area (TPSA) is 68.2 Å². The predicted octanol–water partition coefficient (Wildman–Crippen LogP) is 3.94. The molecule has 25 heavy (non-hydrogen) atoms. The molecule has 2 atom stereocenters. The molecule has 0 aliphatic heterocycles. The summed E-state index contributed by atoms with van der Waals surface area (Å²) >= 11 is 6.12. The number of nitrogens with zero attached hydrogens (tertiary/aromatic N) is 2. The standard InChI is InChI=1S/C18H23ClN4O2/c1-12(11-25-2)23-9-8-17(22-23)21-18(24)20-16-5-3-4-13-6-7-14(19)10-15(13)16/h6-10,12,16H,3-5,11H2,1-2H3,(H2,20,21,22,24)/t12?,16-/m1/s1. The number of aryl methyl sites for hydroxylation is 1. The molecule has 1 aromatic carbocycles. The highest BCUT2D eigenvalue weighted by Crippen LogP contribution is 2.31. The van der Waals surface area contributed by atoms with E-state index in [1.54, 1.807) is 17.9 Å². The van der Waals surface area contributed by atoms with Gasteiger partial charge in [-0.2, -0.15) is 5.10 Å². The number of amides is 2. The van der Waals surface area contributed by atoms with E-state index < -0.39 is 0 Å². The molecular weight excluding hydrogens is 340 g/mol. The van der Waals surface area contributed by atoms with Crippen LogP contribution in [0.2, 0.25) is 5.02 Å². The maximum atomic E-state index is 12.4. The number of fused-ring (bicyclic) bond motifs is 1. The van der Waals surface area contributed by atoms with Crippen LogP contribution in [0.25, 0.3) is 0 Å². The van der Waals surface area contributed by atoms with Crippen molar-refractivity contribution in [2.75, 3.05) is 19.0 Å². The molecule has 6 nitrogen and oxygen atoms in total. The van der Waals surface area contributed by atoms with E-state index in [1.807, 2.05) is 31.3 Å². The van der Waals surface area contributed by atoms with Gasteiger partial charge < -0.3 is 10.1 Å². The van der Waals surface area contributed by atoms with Gasteiger partial charge in [0.25, 0.3) is 0 Å². The molecule has 3 rings (SSSR count). The van der Waals surface area contributed by atoms with Crippen molar-refractivity contribution in [2.24, 2.45) is 0 Å². The Labute approximate surface area is 152 Å². The number of halogens is 1. The first-order valence-electron chi connectivity index (χ1n) is 8.46. The van der Waals surface area contributed by atoms with Gasteiger partial charge in [-0.15, -0.1) is 0 Å². The van der Waals surface area contributed by atoms with Crippen LogP contribution in [0.4, 0.5) is 10.6 Å². The van der Waals surface area contributed by atoms with E-state index in [-0.39, 0.29) is 18.1 Å². The molecule has 134 valence electrons. The number of nitrogens with one attached hydrogen (secondary N) is 2. The van der Waals surface area contributed by atoms with Crippen molar-refractivity contribution < 1.29 is 9.53 Å². The van der Waals surface area contributed by atoms with Gasteiger partial charge in [0.15, 0.2) is 5.82 Å². The average molecular weight is 363 g/mol. The van der Waals surface area contributed by atoms with Crippen molar-refractivity contribution in [1.82, 2.24) is 15.1 Å². The molecule has 7 heteroatoms. The molecule has 0 radical (unpaired) electrons. The quantitative estimate of drug-likeness (QED) is 0.846. The number of aromatic nitrogens is 2. The Morgan fingerprint density at radius 3 is 3.12 bits per heavy atom. The van der Waals surface area contributed by atoms with Gasteiger partial charge in [-0.25, -0.2) is 4.79 Å². The minimum atomic E-state index is -0.262. The van der Waals surface area contributed by atoms with Gasteiger partial charge in [0.05, 0.1) is 18.7 Å². The number of methoxy groups -OCH3 is 1. The Morgan fingerprint density at radius 2 is 2.32 bits per heavy atom. The van der Waals surface area contributed by atoms with Crippen molar-refractivity contribution in [3.63, 3.8) is 0 Å². The minimum Gasteiger partial charge on any atom is -0.382 e. The fourth-order valence-electron chi connectivity index (χ4n) is 3.20. The van der Waals surface area contributed by atoms with Gasteiger partial charge in [0.1, 0.15) is 0 Å². The second-order valence-corrected chi connectivity index (χ2v) is 6.81. The van der Waals surface area contributed by atoms with Crippen LogP contribution < -0.4 is 10.6 Å². The van der Waals surface area contributed by atoms with Crippen LogP contribution >= 0.6 is 11.6 Å². The smallest absolute Gasteiger partial charge is 0.320 e. The zero-order valence-corrected chi connectivity index (χ0v) is 15.2. The highest BCUT2D eigenvalue weighted by Gasteiger charge is 2.22. The summed E-state index contributed by atoms with van der Waals surface area (Å²) < 4.78 is 6.89. The van der Waals surface area contributed by atoms with E-state index >= 15 is 0 Å². The summed E-state index contributed by atoms with van der Waals surface area (Å²) in [5, 5.41) is 10.9. The molecular formula is C18H23ClN4O2. The summed E-state index contributed by atoms with van der Waals surface area (Å²) in [5.74, 6) is 0.516. The van der Waals surface area contributed by atoms with Crippen LogP contribution in [0.3, 0.4) is 0 Å². The lowest BCUT2D eigenvalue weighted by molar-refractivity contribution is 0.157. The number of carbonyl (C=O) groups excluding carboxylic acids is 1. The molecule has 1 heterocycles. The van der Waals surface area contributed by atoms with Gasteiger partial charge >= 0.3 is 6.03 Å². The van der Waals surface area contributed by atoms with Crippen LogP contribution in [0, 0.1) is 0 Å². The van der Waals surface area contributed by atoms with Crippen molar-refractivity contribution in [1.29, 1.82) is 0 Å². The summed E-state index contributed by atoms with van der Waals surface area (Å²) in [4.78, 5) is 12.4. The summed E-state index contributed by atoms with van der Waals surface area (Å²) in [6.45, 7) is 2.57. The third-order valence-corrected chi connectivity index (χ3v) is 4.67. The molecule has 0 bridgehead atoms. The SMILES string of the molecule is COCC(C)n1ccc(NC(=O)N[C@@H]2CCCc3ccc(Cl)cc32)n1. The van der Waals surface area contributed by atoms with Gasteiger partial charge in [-0.3, -0.25) is 10.00 Å². The second-order valence-electron chi connectivity index (χ2n) is 6.37. The molecule has 2 N–H and O–H groups in total. The lowest BCUT2D eigenvalue weighted by Crippen LogP contribution is -2.34. The molecule has 0 fully saturated rings. The zero-order valence-electron chi connectivity index (χ0n) is 14.5. The molecule has 1 aliphatic carbocycles. The number of rotatable bonds is 5. The number of carbonyl (C=O) groups is 1. The molecule has 1 aliphatic rings. The molecule has 1 aromatic heterocycles. The molecule has 2 aromatic rings. The normalized spacial score (nSPS) is 17.6. The first-order chi connectivity index (χ1) is 12.1. The van der Waals surface area contributed by atoms with Gasteiger partial charge in [-0.05, 0) is 49.4 Å². The monoisotopic (exact) mass is 362 g/mol. The summed E-state index contributed by atoms with van der Waals surface area (Å²) in [5.41, 5.74) is 2.35. The van der Waals surface area contributed by atoms with E-state index in [2.05, 4.69) is 15.7 Å². The van der Waals surface area contributed by atoms with E-state index in [0.717, 1.165) is 24.8 Å². The van der Waals surface area contributed by atoms with E-state index in [9.17, 15) is 4.79 Å². The third-order valence-electron chi connectivity index (χ3n) is 4.44. The number of urea groups is 1. The van der Waals surface area contributed by atoms with Crippen molar-refractivity contribution in [2.45, 2.75) is 38.3 Å². The van der Waals surface area contributed by atoms with Crippen LogP contribution in [0.5, 0.6) is 0 Å². The number of benzene rings is 1. The fraction of sp³-hybridized carbons (Fsp3) is 0.444. The number of anilines is 1. The van der Waals surface area contributed by atoms with Crippen LogP contribution in [-0.4, -0.2) is 29.5 Å². The highest BCUT2D eigenvalue weighted by atomic mass is 35.5. The largest absolute Gasteiger partial charge is 0.382 e. The maximum Gasteiger partial charge on any atom is 0.320 e. The highest BCUT2D eigenvalue weighted by molar-refractivity contribution is 6.30. The summed E-state index contributed by atoms with van der Waals surface area (Å²) in [6, 6.07) is 7.48. The van der Waals surface area contributed by atoms with Gasteiger partial charge in [0.2, 0.25) is 0 Å². The predicted molar refractivity (Wildman–Crippen MR) is 98.1 cm³/mol. The van der Waals surface area contributed by atoms with Crippen LogP contribution in [-0.2, 0) is 11.2 Å². The molecule has 1 unspecified atom stereocenters. The number of ether oxygens (including phenoxy) is 1. The van der Waals surface area contributed by atoms with E-state index in [1.165, 1.54) is 5.56 Å². The van der Waals surface area contributed by atoms with Crippen molar-refractivity contribution in [3.05, 3.63) is 46.6 Å². The number of hydrogen-bond donors (Lipinski definition) is 2. The summed E-state index contributed by atoms with van der Waals surface area (Å²) in [7, 11) is 1.65. The summed E-state index contributed by atoms with van der Waals surface area (Å²) in [6.07, 6.45) is 4.80. The Morgan fingerprint density at radius 1 is 1.48 bits per heavy atom. The third kappa shape index (κ3) is 4.32. The van der Waals surface area contributed by atoms with Crippen LogP contribution in [0.1, 0.15) is 43.0 Å². The van der Waals surface area contributed by atoms with E-state index in [0.29, 0.717) is 17.4 Å². The minimum absolute atomic E-state index is 0.0306. The van der Waals surface area contributed by atoms with Gasteiger partial charge in [0, 0.05) is 24.4 Å². The van der Waals surface area contributed by atoms with E-state index in [4.69, 9.17) is 16.3 Å². The molecule has 0 spiro atoms. The first-order valence-corrected chi connectivity index (χ1v) is 8.84. The lowest BCUT2D eigenvalue weighted by atomic mass is 9.88. The molecule has 0 saturated heterocycles. The van der Waals surface area contributed by atoms with Crippen molar-refractivity contribution in [3.8, 4) is 0 Å². The number of hydrogen-bond acceptors (Lipinski definition) is 3. The first kappa shape index (κ1) is 17.8. The Kier molecular flexibility index (Phi) is 5.60. The van der Waals surface area contributed by atoms with Gasteiger partial charge in [-0.1, -0.05) is 17.7 Å².